The lowest BCUT2D eigenvalue weighted by Gasteiger charge is -2.12. The van der Waals surface area contributed by atoms with Crippen LogP contribution in [0, 0.1) is 13.8 Å². The Balaban J connectivity index is 1.48. The van der Waals surface area contributed by atoms with Crippen molar-refractivity contribution < 1.29 is 14.3 Å². The molecular formula is C25H22N4O3. The van der Waals surface area contributed by atoms with Crippen molar-refractivity contribution in [3.63, 3.8) is 0 Å². The predicted octanol–water partition coefficient (Wildman–Crippen LogP) is 3.75. The zero-order valence-corrected chi connectivity index (χ0v) is 17.8. The molecule has 0 aliphatic carbocycles. The number of aryl methyl sites for hydroxylation is 2. The molecule has 0 spiro atoms. The van der Waals surface area contributed by atoms with Crippen LogP contribution < -0.4 is 15.6 Å². The molecule has 160 valence electrons. The second kappa shape index (κ2) is 9.26. The third-order valence-corrected chi connectivity index (χ3v) is 4.82. The number of hydrogen-bond donors (Lipinski definition) is 2. The average Bonchev–Trinajstić information content (AvgIpc) is 2.80. The Labute approximate surface area is 185 Å². The van der Waals surface area contributed by atoms with Gasteiger partial charge in [0, 0.05) is 23.3 Å². The van der Waals surface area contributed by atoms with E-state index in [1.807, 2.05) is 68.4 Å². The first kappa shape index (κ1) is 21.0. The summed E-state index contributed by atoms with van der Waals surface area (Å²) in [7, 11) is 0. The van der Waals surface area contributed by atoms with Gasteiger partial charge in [-0.3, -0.25) is 25.4 Å². The molecule has 0 radical (unpaired) electrons. The van der Waals surface area contributed by atoms with Gasteiger partial charge in [-0.1, -0.05) is 24.3 Å². The first-order valence-electron chi connectivity index (χ1n) is 10.1. The highest BCUT2D eigenvalue weighted by atomic mass is 16.5. The number of nitrogens with zero attached hydrogens (tertiary/aromatic N) is 2. The Hall–Kier alpha value is -4.26. The number of amides is 2. The highest BCUT2D eigenvalue weighted by Crippen LogP contribution is 2.24. The predicted molar refractivity (Wildman–Crippen MR) is 122 cm³/mol. The van der Waals surface area contributed by atoms with Crippen molar-refractivity contribution >= 4 is 22.7 Å². The monoisotopic (exact) mass is 426 g/mol. The van der Waals surface area contributed by atoms with Gasteiger partial charge < -0.3 is 4.74 Å². The number of pyridine rings is 2. The van der Waals surface area contributed by atoms with Gasteiger partial charge in [-0.25, -0.2) is 4.98 Å². The van der Waals surface area contributed by atoms with Crippen LogP contribution in [0.4, 0.5) is 0 Å². The van der Waals surface area contributed by atoms with Crippen molar-refractivity contribution in [1.29, 1.82) is 0 Å². The van der Waals surface area contributed by atoms with E-state index in [1.54, 1.807) is 18.5 Å². The quantitative estimate of drug-likeness (QED) is 0.474. The van der Waals surface area contributed by atoms with Gasteiger partial charge in [-0.05, 0) is 61.4 Å². The van der Waals surface area contributed by atoms with Crippen LogP contribution in [-0.2, 0) is 4.79 Å². The molecule has 2 N–H and O–H groups in total. The molecule has 4 rings (SSSR count). The maximum atomic E-state index is 12.9. The number of carbonyl (C=O) groups excluding carboxylic acids is 2. The number of ether oxygens (including phenoxy) is 1. The van der Waals surface area contributed by atoms with Gasteiger partial charge in [0.25, 0.3) is 11.8 Å². The van der Waals surface area contributed by atoms with Crippen molar-refractivity contribution in [2.24, 2.45) is 0 Å². The summed E-state index contributed by atoms with van der Waals surface area (Å²) in [5, 5.41) is 0.684. The fourth-order valence-electron chi connectivity index (χ4n) is 3.43. The minimum Gasteiger partial charge on any atom is -0.484 e. The molecule has 7 nitrogen and oxygen atoms in total. The topological polar surface area (TPSA) is 93.2 Å². The molecule has 0 fully saturated rings. The first-order chi connectivity index (χ1) is 15.5. The summed E-state index contributed by atoms with van der Waals surface area (Å²) in [6.07, 6.45) is 3.34. The number of carbonyl (C=O) groups is 2. The highest BCUT2D eigenvalue weighted by molar-refractivity contribution is 6.07. The number of fused-ring (bicyclic) bond motifs is 1. The molecule has 0 unspecified atom stereocenters. The van der Waals surface area contributed by atoms with Crippen LogP contribution in [0.5, 0.6) is 5.75 Å². The summed E-state index contributed by atoms with van der Waals surface area (Å²) in [5.41, 5.74) is 9.53. The van der Waals surface area contributed by atoms with Gasteiger partial charge in [0.15, 0.2) is 6.61 Å². The van der Waals surface area contributed by atoms with Crippen molar-refractivity contribution in [3.05, 3.63) is 89.7 Å². The number of hydrazine groups is 1. The van der Waals surface area contributed by atoms with E-state index in [0.29, 0.717) is 27.9 Å². The Morgan fingerprint density at radius 2 is 1.62 bits per heavy atom. The molecule has 2 aromatic heterocycles. The molecule has 7 heteroatoms. The lowest BCUT2D eigenvalue weighted by atomic mass is 10.0. The number of para-hydroxylation sites is 1. The molecule has 0 bridgehead atoms. The molecule has 32 heavy (non-hydrogen) atoms. The first-order valence-corrected chi connectivity index (χ1v) is 10.1. The third kappa shape index (κ3) is 4.89. The fourth-order valence-corrected chi connectivity index (χ4v) is 3.43. The van der Waals surface area contributed by atoms with Gasteiger partial charge in [0.1, 0.15) is 5.75 Å². The van der Waals surface area contributed by atoms with Gasteiger partial charge in [-0.15, -0.1) is 0 Å². The van der Waals surface area contributed by atoms with E-state index >= 15 is 0 Å². The van der Waals surface area contributed by atoms with Crippen LogP contribution in [-0.4, -0.2) is 28.4 Å². The normalized spacial score (nSPS) is 10.6. The molecular weight excluding hydrogens is 404 g/mol. The molecule has 0 aliphatic rings. The second-order valence-corrected chi connectivity index (χ2v) is 7.42. The summed E-state index contributed by atoms with van der Waals surface area (Å²) in [4.78, 5) is 33.8. The number of aromatic nitrogens is 2. The SMILES string of the molecule is Cc1cc(C)cc(OCC(=O)NNC(=O)c2cc(-c3ccncc3)nc3ccccc23)c1. The van der Waals surface area contributed by atoms with E-state index in [4.69, 9.17) is 4.74 Å². The maximum Gasteiger partial charge on any atom is 0.276 e. The van der Waals surface area contributed by atoms with Gasteiger partial charge >= 0.3 is 0 Å². The van der Waals surface area contributed by atoms with Crippen LogP contribution in [0.2, 0.25) is 0 Å². The zero-order chi connectivity index (χ0) is 22.5. The number of rotatable bonds is 5. The summed E-state index contributed by atoms with van der Waals surface area (Å²) >= 11 is 0. The molecule has 0 atom stereocenters. The summed E-state index contributed by atoms with van der Waals surface area (Å²) in [6.45, 7) is 3.70. The van der Waals surface area contributed by atoms with Crippen LogP contribution in [0.3, 0.4) is 0 Å². The van der Waals surface area contributed by atoms with E-state index in [0.717, 1.165) is 16.7 Å². The summed E-state index contributed by atoms with van der Waals surface area (Å²) in [6, 6.07) is 18.4. The molecule has 0 aliphatic heterocycles. The third-order valence-electron chi connectivity index (χ3n) is 4.82. The maximum absolute atomic E-state index is 12.9. The van der Waals surface area contributed by atoms with Crippen molar-refractivity contribution in [3.8, 4) is 17.0 Å². The zero-order valence-electron chi connectivity index (χ0n) is 17.8. The van der Waals surface area contributed by atoms with Gasteiger partial charge in [0.05, 0.1) is 16.8 Å². The Morgan fingerprint density at radius 1 is 0.906 bits per heavy atom. The Morgan fingerprint density at radius 3 is 2.38 bits per heavy atom. The van der Waals surface area contributed by atoms with Crippen LogP contribution in [0.25, 0.3) is 22.2 Å². The van der Waals surface area contributed by atoms with Crippen molar-refractivity contribution in [2.45, 2.75) is 13.8 Å². The van der Waals surface area contributed by atoms with Gasteiger partial charge in [0.2, 0.25) is 0 Å². The molecule has 0 saturated carbocycles. The van der Waals surface area contributed by atoms with E-state index in [9.17, 15) is 9.59 Å². The Kier molecular flexibility index (Phi) is 6.07. The number of benzene rings is 2. The largest absolute Gasteiger partial charge is 0.484 e. The van der Waals surface area contributed by atoms with Crippen LogP contribution >= 0.6 is 0 Å². The number of hydrogen-bond acceptors (Lipinski definition) is 5. The lowest BCUT2D eigenvalue weighted by molar-refractivity contribution is -0.123. The van der Waals surface area contributed by atoms with E-state index in [1.165, 1.54) is 0 Å². The molecule has 2 heterocycles. The van der Waals surface area contributed by atoms with Crippen molar-refractivity contribution in [2.75, 3.05) is 6.61 Å². The molecule has 2 amide bonds. The van der Waals surface area contributed by atoms with Gasteiger partial charge in [-0.2, -0.15) is 0 Å². The molecule has 0 saturated heterocycles. The summed E-state index contributed by atoms with van der Waals surface area (Å²) < 4.78 is 5.54. The fraction of sp³-hybridized carbons (Fsp3) is 0.120. The minimum absolute atomic E-state index is 0.220. The van der Waals surface area contributed by atoms with E-state index < -0.39 is 11.8 Å². The summed E-state index contributed by atoms with van der Waals surface area (Å²) in [5.74, 6) is -0.310. The smallest absolute Gasteiger partial charge is 0.276 e. The van der Waals surface area contributed by atoms with Crippen LogP contribution in [0.1, 0.15) is 21.5 Å². The molecule has 4 aromatic rings. The average molecular weight is 426 g/mol. The Bertz CT molecular complexity index is 1270. The molecule has 2 aromatic carbocycles. The van der Waals surface area contributed by atoms with E-state index in [2.05, 4.69) is 20.8 Å². The second-order valence-electron chi connectivity index (χ2n) is 7.42. The van der Waals surface area contributed by atoms with Crippen LogP contribution in [0.15, 0.2) is 73.1 Å². The standard InChI is InChI=1S/C25H22N4O3/c1-16-11-17(2)13-19(12-16)32-15-24(30)28-29-25(31)21-14-23(18-7-9-26-10-8-18)27-22-6-4-3-5-20(21)22/h3-14H,15H2,1-2H3,(H,28,30)(H,29,31). The highest BCUT2D eigenvalue weighted by Gasteiger charge is 2.15. The van der Waals surface area contributed by atoms with E-state index in [-0.39, 0.29) is 6.61 Å². The van der Waals surface area contributed by atoms with Crippen molar-refractivity contribution in [1.82, 2.24) is 20.8 Å². The lowest BCUT2D eigenvalue weighted by Crippen LogP contribution is -2.43. The minimum atomic E-state index is -0.467. The number of nitrogens with one attached hydrogen (secondary N) is 2.